The molecule has 0 N–H and O–H groups in total. The van der Waals surface area contributed by atoms with Gasteiger partial charge in [0, 0.05) is 20.0 Å². The van der Waals surface area contributed by atoms with Gasteiger partial charge in [-0.2, -0.15) is 0 Å². The maximum atomic E-state index is 11.6. The fourth-order valence-corrected chi connectivity index (χ4v) is 1.72. The lowest BCUT2D eigenvalue weighted by Crippen LogP contribution is -2.30. The second-order valence-corrected chi connectivity index (χ2v) is 4.48. The first kappa shape index (κ1) is 15.2. The SMILES string of the molecule is CCOC(=O)CCN(Cc1ccc(C)cc1)C(C)=O. The molecule has 0 spiro atoms. The van der Waals surface area contributed by atoms with Crippen LogP contribution in [0.15, 0.2) is 24.3 Å². The molecule has 1 amide bonds. The lowest BCUT2D eigenvalue weighted by Gasteiger charge is -2.20. The molecule has 0 heterocycles. The van der Waals surface area contributed by atoms with Crippen LogP contribution in [0.5, 0.6) is 0 Å². The van der Waals surface area contributed by atoms with Crippen molar-refractivity contribution in [2.24, 2.45) is 0 Å². The van der Waals surface area contributed by atoms with Crippen LogP contribution in [0.3, 0.4) is 0 Å². The number of carbonyl (C=O) groups excluding carboxylic acids is 2. The molecule has 0 aromatic heterocycles. The molecule has 1 aromatic rings. The highest BCUT2D eigenvalue weighted by Gasteiger charge is 2.12. The second-order valence-electron chi connectivity index (χ2n) is 4.48. The van der Waals surface area contributed by atoms with E-state index >= 15 is 0 Å². The minimum absolute atomic E-state index is 0.0372. The van der Waals surface area contributed by atoms with Gasteiger partial charge in [0.1, 0.15) is 0 Å². The Morgan fingerprint density at radius 2 is 1.84 bits per heavy atom. The zero-order valence-corrected chi connectivity index (χ0v) is 11.8. The highest BCUT2D eigenvalue weighted by molar-refractivity contribution is 5.75. The number of benzene rings is 1. The van der Waals surface area contributed by atoms with Gasteiger partial charge in [0.15, 0.2) is 0 Å². The van der Waals surface area contributed by atoms with Crippen molar-refractivity contribution in [1.29, 1.82) is 0 Å². The Hall–Kier alpha value is -1.84. The molecule has 4 nitrogen and oxygen atoms in total. The summed E-state index contributed by atoms with van der Waals surface area (Å²) >= 11 is 0. The molecule has 0 radical (unpaired) electrons. The van der Waals surface area contributed by atoms with Crippen LogP contribution in [0.2, 0.25) is 0 Å². The molecule has 0 atom stereocenters. The summed E-state index contributed by atoms with van der Waals surface area (Å²) in [5.74, 6) is -0.303. The Morgan fingerprint density at radius 1 is 1.21 bits per heavy atom. The summed E-state index contributed by atoms with van der Waals surface area (Å²) < 4.78 is 4.86. The third kappa shape index (κ3) is 5.55. The van der Waals surface area contributed by atoms with Gasteiger partial charge in [-0.15, -0.1) is 0 Å². The van der Waals surface area contributed by atoms with E-state index in [1.807, 2.05) is 31.2 Å². The number of carbonyl (C=O) groups is 2. The van der Waals surface area contributed by atoms with Gasteiger partial charge in [0.05, 0.1) is 13.0 Å². The number of amides is 1. The van der Waals surface area contributed by atoms with E-state index in [4.69, 9.17) is 4.74 Å². The van der Waals surface area contributed by atoms with Crippen LogP contribution in [0.4, 0.5) is 0 Å². The van der Waals surface area contributed by atoms with Crippen LogP contribution in [0.1, 0.15) is 31.4 Å². The molecule has 0 unspecified atom stereocenters. The summed E-state index contributed by atoms with van der Waals surface area (Å²) in [5, 5.41) is 0. The molecule has 0 fully saturated rings. The van der Waals surface area contributed by atoms with Crippen LogP contribution in [-0.4, -0.2) is 29.9 Å². The second kappa shape index (κ2) is 7.56. The first-order chi connectivity index (χ1) is 9.02. The standard InChI is InChI=1S/C15H21NO3/c1-4-19-15(18)9-10-16(13(3)17)11-14-7-5-12(2)6-8-14/h5-8H,4,9-11H2,1-3H3. The molecule has 19 heavy (non-hydrogen) atoms. The highest BCUT2D eigenvalue weighted by atomic mass is 16.5. The van der Waals surface area contributed by atoms with E-state index < -0.39 is 0 Å². The molecule has 0 aliphatic rings. The average molecular weight is 263 g/mol. The van der Waals surface area contributed by atoms with Gasteiger partial charge in [-0.25, -0.2) is 0 Å². The van der Waals surface area contributed by atoms with E-state index in [-0.39, 0.29) is 18.3 Å². The molecule has 1 aromatic carbocycles. The predicted molar refractivity (Wildman–Crippen MR) is 73.5 cm³/mol. The lowest BCUT2D eigenvalue weighted by molar-refractivity contribution is -0.144. The van der Waals surface area contributed by atoms with Gasteiger partial charge in [0.25, 0.3) is 0 Å². The zero-order valence-electron chi connectivity index (χ0n) is 11.8. The summed E-state index contributed by atoms with van der Waals surface area (Å²) in [6.45, 7) is 6.59. The van der Waals surface area contributed by atoms with Crippen molar-refractivity contribution in [2.45, 2.75) is 33.7 Å². The van der Waals surface area contributed by atoms with Crippen molar-refractivity contribution in [3.63, 3.8) is 0 Å². The predicted octanol–water partition coefficient (Wildman–Crippen LogP) is 2.30. The fourth-order valence-electron chi connectivity index (χ4n) is 1.72. The number of hydrogen-bond donors (Lipinski definition) is 0. The fraction of sp³-hybridized carbons (Fsp3) is 0.467. The first-order valence-corrected chi connectivity index (χ1v) is 6.49. The van der Waals surface area contributed by atoms with Crippen molar-refractivity contribution in [3.05, 3.63) is 35.4 Å². The van der Waals surface area contributed by atoms with Crippen molar-refractivity contribution in [1.82, 2.24) is 4.90 Å². The van der Waals surface area contributed by atoms with Crippen LogP contribution in [-0.2, 0) is 20.9 Å². The summed E-state index contributed by atoms with van der Waals surface area (Å²) in [4.78, 5) is 24.5. The smallest absolute Gasteiger partial charge is 0.307 e. The zero-order chi connectivity index (χ0) is 14.3. The van der Waals surface area contributed by atoms with Gasteiger partial charge in [-0.1, -0.05) is 29.8 Å². The Balaban J connectivity index is 2.55. The summed E-state index contributed by atoms with van der Waals surface area (Å²) in [5.41, 5.74) is 2.24. The Kier molecular flexibility index (Phi) is 6.06. The van der Waals surface area contributed by atoms with Crippen molar-refractivity contribution < 1.29 is 14.3 Å². The quantitative estimate of drug-likeness (QED) is 0.740. The average Bonchev–Trinajstić information content (AvgIpc) is 2.36. The summed E-state index contributed by atoms with van der Waals surface area (Å²) in [6, 6.07) is 8.02. The van der Waals surface area contributed by atoms with Gasteiger partial charge in [-0.05, 0) is 19.4 Å². The Labute approximate surface area is 114 Å². The molecule has 0 saturated heterocycles. The summed E-state index contributed by atoms with van der Waals surface area (Å²) in [7, 11) is 0. The third-order valence-corrected chi connectivity index (χ3v) is 2.83. The number of nitrogens with zero attached hydrogens (tertiary/aromatic N) is 1. The maximum absolute atomic E-state index is 11.6. The maximum Gasteiger partial charge on any atom is 0.307 e. The molecule has 0 saturated carbocycles. The van der Waals surface area contributed by atoms with Crippen molar-refractivity contribution in [3.8, 4) is 0 Å². The van der Waals surface area contributed by atoms with E-state index in [1.165, 1.54) is 12.5 Å². The molecular formula is C15H21NO3. The van der Waals surface area contributed by atoms with Crippen molar-refractivity contribution >= 4 is 11.9 Å². The van der Waals surface area contributed by atoms with E-state index in [9.17, 15) is 9.59 Å². The van der Waals surface area contributed by atoms with E-state index in [0.717, 1.165) is 5.56 Å². The van der Waals surface area contributed by atoms with Gasteiger partial charge in [0.2, 0.25) is 5.91 Å². The van der Waals surface area contributed by atoms with E-state index in [0.29, 0.717) is 19.7 Å². The van der Waals surface area contributed by atoms with Crippen molar-refractivity contribution in [2.75, 3.05) is 13.2 Å². The summed E-state index contributed by atoms with van der Waals surface area (Å²) in [6.07, 6.45) is 0.235. The number of esters is 1. The third-order valence-electron chi connectivity index (χ3n) is 2.83. The van der Waals surface area contributed by atoms with Crippen LogP contribution >= 0.6 is 0 Å². The molecule has 0 aliphatic carbocycles. The molecule has 1 rings (SSSR count). The minimum Gasteiger partial charge on any atom is -0.466 e. The van der Waals surface area contributed by atoms with Gasteiger partial charge < -0.3 is 9.64 Å². The number of ether oxygens (including phenoxy) is 1. The van der Waals surface area contributed by atoms with Crippen LogP contribution in [0, 0.1) is 6.92 Å². The van der Waals surface area contributed by atoms with E-state index in [1.54, 1.807) is 11.8 Å². The number of rotatable bonds is 6. The first-order valence-electron chi connectivity index (χ1n) is 6.49. The highest BCUT2D eigenvalue weighted by Crippen LogP contribution is 2.08. The molecule has 0 bridgehead atoms. The molecule has 0 aliphatic heterocycles. The number of hydrogen-bond acceptors (Lipinski definition) is 3. The topological polar surface area (TPSA) is 46.6 Å². The monoisotopic (exact) mass is 263 g/mol. The lowest BCUT2D eigenvalue weighted by atomic mass is 10.1. The normalized spacial score (nSPS) is 10.1. The minimum atomic E-state index is -0.266. The van der Waals surface area contributed by atoms with Gasteiger partial charge >= 0.3 is 5.97 Å². The molecule has 4 heteroatoms. The largest absolute Gasteiger partial charge is 0.466 e. The van der Waals surface area contributed by atoms with Crippen LogP contribution in [0.25, 0.3) is 0 Å². The van der Waals surface area contributed by atoms with E-state index in [2.05, 4.69) is 0 Å². The molecular weight excluding hydrogens is 242 g/mol. The van der Waals surface area contributed by atoms with Crippen LogP contribution < -0.4 is 0 Å². The number of aryl methyl sites for hydroxylation is 1. The van der Waals surface area contributed by atoms with Gasteiger partial charge in [-0.3, -0.25) is 9.59 Å². The Morgan fingerprint density at radius 3 is 2.37 bits per heavy atom. The molecule has 104 valence electrons. The Bertz CT molecular complexity index is 426.